The first-order valence-electron chi connectivity index (χ1n) is 5.12. The van der Waals surface area contributed by atoms with Crippen LogP contribution < -0.4 is 9.46 Å². The number of anilines is 1. The molecule has 0 spiro atoms. The summed E-state index contributed by atoms with van der Waals surface area (Å²) in [6, 6.07) is 4.18. The molecule has 0 saturated carbocycles. The fraction of sp³-hybridized carbons (Fsp3) is 0.400. The molecule has 0 aliphatic rings. The van der Waals surface area contributed by atoms with Crippen LogP contribution in [0, 0.1) is 0 Å². The molecule has 1 rings (SSSR count). The molecule has 0 unspecified atom stereocenters. The number of rotatable bonds is 6. The number of ether oxygens (including phenoxy) is 1. The maximum Gasteiger partial charge on any atom is 0.461 e. The van der Waals surface area contributed by atoms with Crippen molar-refractivity contribution in [2.75, 3.05) is 10.5 Å². The van der Waals surface area contributed by atoms with Crippen molar-refractivity contribution in [2.45, 2.75) is 19.5 Å². The van der Waals surface area contributed by atoms with Gasteiger partial charge in [-0.25, -0.2) is 8.42 Å². The molecule has 1 aromatic rings. The zero-order valence-corrected chi connectivity index (χ0v) is 10.6. The van der Waals surface area contributed by atoms with Crippen molar-refractivity contribution >= 4 is 15.7 Å². The minimum absolute atomic E-state index is 0.120. The zero-order valence-electron chi connectivity index (χ0n) is 9.74. The molecular weight excluding hydrogens is 290 g/mol. The van der Waals surface area contributed by atoms with Crippen LogP contribution in [0.25, 0.3) is 0 Å². The number of halogens is 4. The number of benzene rings is 1. The van der Waals surface area contributed by atoms with E-state index in [2.05, 4.69) is 9.46 Å². The summed E-state index contributed by atoms with van der Waals surface area (Å²) in [5.74, 6) is -0.654. The largest absolute Gasteiger partial charge is 0.461 e. The third-order valence-corrected chi connectivity index (χ3v) is 3.32. The monoisotopic (exact) mass is 301 g/mol. The third kappa shape index (κ3) is 4.58. The molecule has 0 aromatic heterocycles. The summed E-state index contributed by atoms with van der Waals surface area (Å²) in [4.78, 5) is 0. The van der Waals surface area contributed by atoms with Gasteiger partial charge in [-0.1, -0.05) is 0 Å². The molecule has 4 nitrogen and oxygen atoms in total. The lowest BCUT2D eigenvalue weighted by Crippen LogP contribution is -2.33. The van der Waals surface area contributed by atoms with E-state index >= 15 is 0 Å². The van der Waals surface area contributed by atoms with E-state index in [1.54, 1.807) is 0 Å². The SMILES string of the molecule is CCS(=O)(=O)Nc1ccc(OC(F)(F)C(F)F)cc1. The Bertz CT molecular complexity index is 516. The van der Waals surface area contributed by atoms with Gasteiger partial charge < -0.3 is 4.74 Å². The van der Waals surface area contributed by atoms with Gasteiger partial charge in [0.15, 0.2) is 0 Å². The maximum atomic E-state index is 12.6. The lowest BCUT2D eigenvalue weighted by atomic mass is 10.3. The first-order chi connectivity index (χ1) is 8.66. The van der Waals surface area contributed by atoms with Crippen LogP contribution in [-0.4, -0.2) is 26.7 Å². The van der Waals surface area contributed by atoms with E-state index in [-0.39, 0.29) is 11.4 Å². The van der Waals surface area contributed by atoms with Crippen molar-refractivity contribution in [2.24, 2.45) is 0 Å². The van der Waals surface area contributed by atoms with Gasteiger partial charge in [-0.2, -0.15) is 17.6 Å². The molecule has 0 amide bonds. The van der Waals surface area contributed by atoms with Crippen LogP contribution in [0.3, 0.4) is 0 Å². The first kappa shape index (κ1) is 15.5. The third-order valence-electron chi connectivity index (χ3n) is 2.02. The second kappa shape index (κ2) is 5.64. The number of hydrogen-bond acceptors (Lipinski definition) is 3. The minimum atomic E-state index is -4.59. The normalized spacial score (nSPS) is 12.5. The van der Waals surface area contributed by atoms with Crippen LogP contribution in [0.5, 0.6) is 5.75 Å². The summed E-state index contributed by atoms with van der Waals surface area (Å²) in [5, 5.41) is 0. The molecule has 0 radical (unpaired) electrons. The lowest BCUT2D eigenvalue weighted by molar-refractivity contribution is -0.253. The topological polar surface area (TPSA) is 55.4 Å². The fourth-order valence-electron chi connectivity index (χ4n) is 1.04. The van der Waals surface area contributed by atoms with Crippen molar-refractivity contribution in [1.29, 1.82) is 0 Å². The average Bonchev–Trinajstić information content (AvgIpc) is 2.31. The Morgan fingerprint density at radius 1 is 1.26 bits per heavy atom. The van der Waals surface area contributed by atoms with Gasteiger partial charge >= 0.3 is 12.5 Å². The molecule has 1 aromatic carbocycles. The molecule has 108 valence electrons. The van der Waals surface area contributed by atoms with Crippen LogP contribution in [0.4, 0.5) is 23.2 Å². The van der Waals surface area contributed by atoms with Crippen LogP contribution >= 0.6 is 0 Å². The van der Waals surface area contributed by atoms with E-state index in [0.717, 1.165) is 24.3 Å². The van der Waals surface area contributed by atoms with Gasteiger partial charge in [-0.15, -0.1) is 0 Å². The Labute approximate surface area is 107 Å². The Balaban J connectivity index is 2.78. The number of alkyl halides is 4. The predicted octanol–water partition coefficient (Wildman–Crippen LogP) is 2.68. The standard InChI is InChI=1S/C10H11F4NO3S/c1-2-19(16,17)15-7-3-5-8(6-4-7)18-10(13,14)9(11)12/h3-6,9,15H,2H2,1H3. The van der Waals surface area contributed by atoms with Crippen molar-refractivity contribution in [3.63, 3.8) is 0 Å². The number of hydrogen-bond donors (Lipinski definition) is 1. The van der Waals surface area contributed by atoms with Gasteiger partial charge in [0.1, 0.15) is 5.75 Å². The fourth-order valence-corrected chi connectivity index (χ4v) is 1.68. The predicted molar refractivity (Wildman–Crippen MR) is 61.1 cm³/mol. The Morgan fingerprint density at radius 2 is 1.79 bits per heavy atom. The molecule has 0 bridgehead atoms. The van der Waals surface area contributed by atoms with Gasteiger partial charge in [-0.3, -0.25) is 4.72 Å². The van der Waals surface area contributed by atoms with Crippen LogP contribution in [0.15, 0.2) is 24.3 Å². The second-order valence-corrected chi connectivity index (χ2v) is 5.51. The van der Waals surface area contributed by atoms with Crippen molar-refractivity contribution < 1.29 is 30.7 Å². The quantitative estimate of drug-likeness (QED) is 0.822. The van der Waals surface area contributed by atoms with Gasteiger partial charge in [0, 0.05) is 5.69 Å². The highest BCUT2D eigenvalue weighted by Gasteiger charge is 2.43. The van der Waals surface area contributed by atoms with Crippen molar-refractivity contribution in [1.82, 2.24) is 0 Å². The highest BCUT2D eigenvalue weighted by Crippen LogP contribution is 2.28. The van der Waals surface area contributed by atoms with E-state index < -0.39 is 28.3 Å². The highest BCUT2D eigenvalue weighted by atomic mass is 32.2. The molecular formula is C10H11F4NO3S. The molecule has 0 fully saturated rings. The molecule has 0 aliphatic heterocycles. The maximum absolute atomic E-state index is 12.6. The zero-order chi connectivity index (χ0) is 14.7. The van der Waals surface area contributed by atoms with E-state index in [0.29, 0.717) is 0 Å². The van der Waals surface area contributed by atoms with Crippen LogP contribution in [0.2, 0.25) is 0 Å². The van der Waals surface area contributed by atoms with E-state index in [9.17, 15) is 26.0 Å². The van der Waals surface area contributed by atoms with E-state index in [1.165, 1.54) is 6.92 Å². The Morgan fingerprint density at radius 3 is 2.21 bits per heavy atom. The Kier molecular flexibility index (Phi) is 4.61. The van der Waals surface area contributed by atoms with E-state index in [4.69, 9.17) is 0 Å². The summed E-state index contributed by atoms with van der Waals surface area (Å²) in [5.41, 5.74) is 0.120. The average molecular weight is 301 g/mol. The summed E-state index contributed by atoms with van der Waals surface area (Å²) < 4.78 is 77.3. The van der Waals surface area contributed by atoms with E-state index in [1.807, 2.05) is 0 Å². The Hall–Kier alpha value is -1.51. The minimum Gasteiger partial charge on any atom is -0.428 e. The molecule has 0 saturated heterocycles. The molecule has 0 heterocycles. The van der Waals surface area contributed by atoms with Gasteiger partial charge in [-0.05, 0) is 31.2 Å². The summed E-state index contributed by atoms with van der Waals surface area (Å²) >= 11 is 0. The van der Waals surface area contributed by atoms with Crippen LogP contribution in [-0.2, 0) is 10.0 Å². The molecule has 9 heteroatoms. The lowest BCUT2D eigenvalue weighted by Gasteiger charge is -2.17. The van der Waals surface area contributed by atoms with Crippen molar-refractivity contribution in [3.05, 3.63) is 24.3 Å². The van der Waals surface area contributed by atoms with Gasteiger partial charge in [0.25, 0.3) is 0 Å². The number of sulfonamides is 1. The second-order valence-electron chi connectivity index (χ2n) is 3.49. The number of nitrogens with one attached hydrogen (secondary N) is 1. The molecule has 0 atom stereocenters. The first-order valence-corrected chi connectivity index (χ1v) is 6.77. The van der Waals surface area contributed by atoms with Gasteiger partial charge in [0.05, 0.1) is 5.75 Å². The molecule has 19 heavy (non-hydrogen) atoms. The summed E-state index contributed by atoms with van der Waals surface area (Å²) in [6.45, 7) is 1.42. The smallest absolute Gasteiger partial charge is 0.428 e. The summed E-state index contributed by atoms with van der Waals surface area (Å²) in [7, 11) is -3.49. The summed E-state index contributed by atoms with van der Waals surface area (Å²) in [6.07, 6.45) is -8.55. The van der Waals surface area contributed by atoms with Crippen LogP contribution in [0.1, 0.15) is 6.92 Å². The molecule has 1 N–H and O–H groups in total. The molecule has 0 aliphatic carbocycles. The van der Waals surface area contributed by atoms with Crippen molar-refractivity contribution in [3.8, 4) is 5.75 Å². The highest BCUT2D eigenvalue weighted by molar-refractivity contribution is 7.92. The van der Waals surface area contributed by atoms with Gasteiger partial charge in [0.2, 0.25) is 10.0 Å².